The van der Waals surface area contributed by atoms with Crippen molar-refractivity contribution in [1.82, 2.24) is 9.80 Å². The summed E-state index contributed by atoms with van der Waals surface area (Å²) in [6.07, 6.45) is 0.703. The van der Waals surface area contributed by atoms with Crippen molar-refractivity contribution in [2.45, 2.75) is 13.3 Å². The molecule has 1 aliphatic rings. The Labute approximate surface area is 180 Å². The summed E-state index contributed by atoms with van der Waals surface area (Å²) in [5, 5.41) is 4.07. The average Bonchev–Trinajstić information content (AvgIpc) is 2.95. The monoisotopic (exact) mass is 435 g/mol. The number of nitrogens with one attached hydrogen (secondary N) is 1. The van der Waals surface area contributed by atoms with Crippen LogP contribution in [0.25, 0.3) is 0 Å². The molecule has 0 radical (unpaired) electrons. The first-order chi connectivity index (χ1) is 13.9. The van der Waals surface area contributed by atoms with Crippen LogP contribution in [0, 0.1) is 6.92 Å². The lowest BCUT2D eigenvalue weighted by atomic mass is 10.2. The number of halogens is 2. The molecule has 0 spiro atoms. The molecule has 1 saturated heterocycles. The number of hydrogen-bond acceptors (Lipinski definition) is 3. The predicted molar refractivity (Wildman–Crippen MR) is 115 cm³/mol. The Hall–Kier alpha value is -2.44. The molecule has 2 aromatic carbocycles. The van der Waals surface area contributed by atoms with E-state index >= 15 is 0 Å². The molecule has 1 fully saturated rings. The lowest BCUT2D eigenvalue weighted by Crippen LogP contribution is -2.40. The fourth-order valence-electron chi connectivity index (χ4n) is 3.08. The van der Waals surface area contributed by atoms with Crippen LogP contribution in [0.15, 0.2) is 42.5 Å². The fourth-order valence-corrected chi connectivity index (χ4v) is 3.39. The maximum absolute atomic E-state index is 12.5. The van der Waals surface area contributed by atoms with E-state index in [1.807, 2.05) is 6.92 Å². The third-order valence-electron chi connectivity index (χ3n) is 4.70. The van der Waals surface area contributed by atoms with Crippen LogP contribution in [0.1, 0.15) is 12.0 Å². The topological polar surface area (TPSA) is 61.9 Å². The summed E-state index contributed by atoms with van der Waals surface area (Å²) in [6.45, 7) is 3.92. The van der Waals surface area contributed by atoms with Gasteiger partial charge in [0.15, 0.2) is 6.61 Å². The molecule has 0 bridgehead atoms. The number of anilines is 1. The van der Waals surface area contributed by atoms with Crippen LogP contribution in [-0.4, -0.2) is 54.5 Å². The van der Waals surface area contributed by atoms with Crippen molar-refractivity contribution in [3.63, 3.8) is 0 Å². The van der Waals surface area contributed by atoms with Crippen molar-refractivity contribution >= 4 is 40.8 Å². The Morgan fingerprint density at radius 1 is 1.03 bits per heavy atom. The van der Waals surface area contributed by atoms with Crippen molar-refractivity contribution in [1.29, 1.82) is 0 Å². The van der Waals surface area contributed by atoms with Crippen LogP contribution in [0.5, 0.6) is 5.75 Å². The van der Waals surface area contributed by atoms with Crippen molar-refractivity contribution < 1.29 is 14.3 Å². The number of benzene rings is 2. The van der Waals surface area contributed by atoms with E-state index in [2.05, 4.69) is 5.32 Å². The fraction of sp³-hybridized carbons (Fsp3) is 0.333. The van der Waals surface area contributed by atoms with Gasteiger partial charge in [0, 0.05) is 41.9 Å². The first kappa shape index (κ1) is 21.3. The number of carbonyl (C=O) groups excluding carboxylic acids is 2. The minimum absolute atomic E-state index is 0.0458. The highest BCUT2D eigenvalue weighted by Gasteiger charge is 2.22. The van der Waals surface area contributed by atoms with Crippen LogP contribution in [0.2, 0.25) is 10.0 Å². The first-order valence-electron chi connectivity index (χ1n) is 9.40. The van der Waals surface area contributed by atoms with E-state index in [-0.39, 0.29) is 18.5 Å². The van der Waals surface area contributed by atoms with Crippen LogP contribution < -0.4 is 10.1 Å². The van der Waals surface area contributed by atoms with E-state index in [0.29, 0.717) is 54.1 Å². The molecule has 0 saturated carbocycles. The summed E-state index contributed by atoms with van der Waals surface area (Å²) in [5.41, 5.74) is 1.54. The lowest BCUT2D eigenvalue weighted by molar-refractivity contribution is -0.133. The molecule has 3 amide bonds. The summed E-state index contributed by atoms with van der Waals surface area (Å²) in [6, 6.07) is 12.1. The molecule has 1 aliphatic heterocycles. The largest absolute Gasteiger partial charge is 0.484 e. The molecule has 2 aromatic rings. The van der Waals surface area contributed by atoms with Crippen LogP contribution in [-0.2, 0) is 4.79 Å². The van der Waals surface area contributed by atoms with E-state index < -0.39 is 0 Å². The van der Waals surface area contributed by atoms with Gasteiger partial charge in [-0.05, 0) is 55.3 Å². The number of hydrogen-bond donors (Lipinski definition) is 1. The summed E-state index contributed by atoms with van der Waals surface area (Å²) in [4.78, 5) is 28.5. The molecule has 0 atom stereocenters. The number of amides is 3. The predicted octanol–water partition coefficient (Wildman–Crippen LogP) is 4.45. The maximum atomic E-state index is 12.5. The smallest absolute Gasteiger partial charge is 0.321 e. The first-order valence-corrected chi connectivity index (χ1v) is 10.2. The summed E-state index contributed by atoms with van der Waals surface area (Å²) in [7, 11) is 0. The quantitative estimate of drug-likeness (QED) is 0.771. The van der Waals surface area contributed by atoms with Crippen LogP contribution >= 0.6 is 23.2 Å². The second-order valence-electron chi connectivity index (χ2n) is 6.86. The Balaban J connectivity index is 1.50. The molecule has 29 heavy (non-hydrogen) atoms. The van der Waals surface area contributed by atoms with Crippen molar-refractivity contribution in [2.24, 2.45) is 0 Å². The Morgan fingerprint density at radius 2 is 1.79 bits per heavy atom. The molecule has 8 heteroatoms. The number of aryl methyl sites for hydroxylation is 1. The van der Waals surface area contributed by atoms with Gasteiger partial charge in [-0.2, -0.15) is 0 Å². The van der Waals surface area contributed by atoms with Crippen molar-refractivity contribution in [3.05, 3.63) is 58.1 Å². The Morgan fingerprint density at radius 3 is 2.55 bits per heavy atom. The zero-order valence-electron chi connectivity index (χ0n) is 16.2. The van der Waals surface area contributed by atoms with Gasteiger partial charge in [-0.25, -0.2) is 4.79 Å². The SMILES string of the molecule is Cc1cc(OCC(=O)N2CCCN(C(=O)Nc3cccc(Cl)c3)CC2)ccc1Cl. The molecule has 0 aliphatic carbocycles. The highest BCUT2D eigenvalue weighted by Crippen LogP contribution is 2.21. The number of nitrogens with zero attached hydrogens (tertiary/aromatic N) is 2. The molecule has 3 rings (SSSR count). The average molecular weight is 436 g/mol. The molecule has 1 N–H and O–H groups in total. The van der Waals surface area contributed by atoms with E-state index in [4.69, 9.17) is 27.9 Å². The van der Waals surface area contributed by atoms with Gasteiger partial charge in [0.25, 0.3) is 5.91 Å². The summed E-state index contributed by atoms with van der Waals surface area (Å²) >= 11 is 12.0. The third-order valence-corrected chi connectivity index (χ3v) is 5.36. The highest BCUT2D eigenvalue weighted by molar-refractivity contribution is 6.31. The second-order valence-corrected chi connectivity index (χ2v) is 7.71. The van der Waals surface area contributed by atoms with Gasteiger partial charge >= 0.3 is 6.03 Å². The molecule has 6 nitrogen and oxygen atoms in total. The van der Waals surface area contributed by atoms with Gasteiger partial charge < -0.3 is 19.9 Å². The van der Waals surface area contributed by atoms with Gasteiger partial charge in [-0.1, -0.05) is 29.3 Å². The minimum atomic E-state index is -0.200. The summed E-state index contributed by atoms with van der Waals surface area (Å²) < 4.78 is 5.61. The van der Waals surface area contributed by atoms with Crippen LogP contribution in [0.4, 0.5) is 10.5 Å². The molecular weight excluding hydrogens is 413 g/mol. The standard InChI is InChI=1S/C21H23Cl2N3O3/c1-15-12-18(6-7-19(15)23)29-14-20(27)25-8-3-9-26(11-10-25)21(28)24-17-5-2-4-16(22)13-17/h2,4-7,12-13H,3,8-11,14H2,1H3,(H,24,28). The van der Waals surface area contributed by atoms with Gasteiger partial charge in [-0.15, -0.1) is 0 Å². The summed E-state index contributed by atoms with van der Waals surface area (Å²) in [5.74, 6) is 0.507. The van der Waals surface area contributed by atoms with E-state index in [1.165, 1.54) is 0 Å². The normalized spacial score (nSPS) is 14.3. The number of carbonyl (C=O) groups is 2. The van der Waals surface area contributed by atoms with Gasteiger partial charge in [0.2, 0.25) is 0 Å². The van der Waals surface area contributed by atoms with E-state index in [1.54, 1.807) is 52.3 Å². The number of rotatable bonds is 4. The van der Waals surface area contributed by atoms with Gasteiger partial charge in [0.05, 0.1) is 0 Å². The van der Waals surface area contributed by atoms with Crippen LogP contribution in [0.3, 0.4) is 0 Å². The maximum Gasteiger partial charge on any atom is 0.321 e. The molecule has 0 aromatic heterocycles. The number of ether oxygens (including phenoxy) is 1. The molecule has 0 unspecified atom stereocenters. The van der Waals surface area contributed by atoms with E-state index in [0.717, 1.165) is 5.56 Å². The van der Waals surface area contributed by atoms with E-state index in [9.17, 15) is 9.59 Å². The van der Waals surface area contributed by atoms with Crippen molar-refractivity contribution in [3.8, 4) is 5.75 Å². The molecule has 154 valence electrons. The van der Waals surface area contributed by atoms with Gasteiger partial charge in [0.1, 0.15) is 5.75 Å². The lowest BCUT2D eigenvalue weighted by Gasteiger charge is -2.22. The highest BCUT2D eigenvalue weighted by atomic mass is 35.5. The van der Waals surface area contributed by atoms with Gasteiger partial charge in [-0.3, -0.25) is 4.79 Å². The zero-order valence-corrected chi connectivity index (χ0v) is 17.7. The second kappa shape index (κ2) is 9.85. The molecule has 1 heterocycles. The van der Waals surface area contributed by atoms with Crippen molar-refractivity contribution in [2.75, 3.05) is 38.1 Å². The Kier molecular flexibility index (Phi) is 7.23. The Bertz CT molecular complexity index is 891. The minimum Gasteiger partial charge on any atom is -0.484 e. The number of urea groups is 1. The zero-order chi connectivity index (χ0) is 20.8. The third kappa shape index (κ3) is 6.02. The molecular formula is C21H23Cl2N3O3.